The summed E-state index contributed by atoms with van der Waals surface area (Å²) in [6.07, 6.45) is 3.51. The van der Waals surface area contributed by atoms with E-state index in [1.54, 1.807) is 0 Å². The molecule has 0 radical (unpaired) electrons. The number of nitrogens with zero attached hydrogens (tertiary/aromatic N) is 1. The minimum atomic E-state index is 0.228. The number of aryl methyl sites for hydroxylation is 1. The van der Waals surface area contributed by atoms with Gasteiger partial charge in [-0.2, -0.15) is 0 Å². The van der Waals surface area contributed by atoms with Crippen molar-refractivity contribution in [3.05, 3.63) is 29.8 Å². The second-order valence-corrected chi connectivity index (χ2v) is 5.84. The highest BCUT2D eigenvalue weighted by atomic mass is 16.5. The Kier molecular flexibility index (Phi) is 7.00. The van der Waals surface area contributed by atoms with Crippen molar-refractivity contribution < 1.29 is 9.84 Å². The first-order valence-electron chi connectivity index (χ1n) is 8.04. The van der Waals surface area contributed by atoms with Crippen molar-refractivity contribution in [2.24, 2.45) is 0 Å². The Bertz CT molecular complexity index is 406. The molecule has 0 aliphatic carbocycles. The number of hydrogen-bond donors (Lipinski definition) is 2. The topological polar surface area (TPSA) is 44.7 Å². The van der Waals surface area contributed by atoms with Crippen molar-refractivity contribution in [3.63, 3.8) is 0 Å². The molecule has 1 saturated heterocycles. The van der Waals surface area contributed by atoms with Crippen LogP contribution in [0, 0.1) is 6.92 Å². The van der Waals surface area contributed by atoms with Crippen LogP contribution in [0.5, 0.6) is 5.75 Å². The van der Waals surface area contributed by atoms with E-state index in [0.29, 0.717) is 6.04 Å². The SMILES string of the molecule is Cc1cccc(OCCCN(CCO)CC2CCCN2)c1. The Balaban J connectivity index is 1.66. The molecule has 2 rings (SSSR count). The van der Waals surface area contributed by atoms with Crippen LogP contribution in [0.3, 0.4) is 0 Å². The third-order valence-corrected chi connectivity index (χ3v) is 3.93. The van der Waals surface area contributed by atoms with Crippen molar-refractivity contribution in [1.82, 2.24) is 10.2 Å². The zero-order valence-electron chi connectivity index (χ0n) is 13.1. The fraction of sp³-hybridized carbons (Fsp3) is 0.647. The van der Waals surface area contributed by atoms with Crippen LogP contribution in [0.15, 0.2) is 24.3 Å². The number of nitrogens with one attached hydrogen (secondary N) is 1. The van der Waals surface area contributed by atoms with Crippen molar-refractivity contribution in [2.75, 3.05) is 39.4 Å². The van der Waals surface area contributed by atoms with E-state index in [-0.39, 0.29) is 6.61 Å². The van der Waals surface area contributed by atoms with Crippen molar-refractivity contribution in [1.29, 1.82) is 0 Å². The first-order chi connectivity index (χ1) is 10.3. The molecule has 4 nitrogen and oxygen atoms in total. The first-order valence-corrected chi connectivity index (χ1v) is 8.04. The fourth-order valence-corrected chi connectivity index (χ4v) is 2.84. The van der Waals surface area contributed by atoms with Gasteiger partial charge in [0.15, 0.2) is 0 Å². The van der Waals surface area contributed by atoms with Gasteiger partial charge in [-0.1, -0.05) is 12.1 Å². The molecule has 0 amide bonds. The van der Waals surface area contributed by atoms with Crippen LogP contribution in [-0.2, 0) is 0 Å². The molecule has 0 bridgehead atoms. The van der Waals surface area contributed by atoms with Gasteiger partial charge in [-0.15, -0.1) is 0 Å². The maximum atomic E-state index is 9.18. The lowest BCUT2D eigenvalue weighted by Crippen LogP contribution is -2.39. The lowest BCUT2D eigenvalue weighted by atomic mass is 10.2. The van der Waals surface area contributed by atoms with Crippen molar-refractivity contribution >= 4 is 0 Å². The largest absolute Gasteiger partial charge is 0.494 e. The van der Waals surface area contributed by atoms with Crippen LogP contribution in [0.4, 0.5) is 0 Å². The summed E-state index contributed by atoms with van der Waals surface area (Å²) in [6, 6.07) is 8.75. The second-order valence-electron chi connectivity index (χ2n) is 5.84. The van der Waals surface area contributed by atoms with Crippen LogP contribution in [0.1, 0.15) is 24.8 Å². The lowest BCUT2D eigenvalue weighted by Gasteiger charge is -2.24. The highest BCUT2D eigenvalue weighted by Gasteiger charge is 2.17. The average molecular weight is 292 g/mol. The van der Waals surface area contributed by atoms with E-state index in [2.05, 4.69) is 29.3 Å². The second kappa shape index (κ2) is 9.03. The number of rotatable bonds is 9. The van der Waals surface area contributed by atoms with Gasteiger partial charge in [0.2, 0.25) is 0 Å². The molecule has 1 unspecified atom stereocenters. The Hall–Kier alpha value is -1.10. The van der Waals surface area contributed by atoms with Gasteiger partial charge < -0.3 is 15.2 Å². The third-order valence-electron chi connectivity index (χ3n) is 3.93. The Morgan fingerprint density at radius 3 is 3.00 bits per heavy atom. The normalized spacial score (nSPS) is 18.3. The monoisotopic (exact) mass is 292 g/mol. The quantitative estimate of drug-likeness (QED) is 0.681. The minimum Gasteiger partial charge on any atom is -0.494 e. The van der Waals surface area contributed by atoms with Gasteiger partial charge in [0.25, 0.3) is 0 Å². The molecule has 0 aromatic heterocycles. The maximum Gasteiger partial charge on any atom is 0.119 e. The Morgan fingerprint density at radius 1 is 1.38 bits per heavy atom. The summed E-state index contributed by atoms with van der Waals surface area (Å²) in [5.41, 5.74) is 1.22. The van der Waals surface area contributed by atoms with Gasteiger partial charge in [-0.3, -0.25) is 4.90 Å². The smallest absolute Gasteiger partial charge is 0.119 e. The molecule has 118 valence electrons. The van der Waals surface area contributed by atoms with Crippen LogP contribution >= 0.6 is 0 Å². The summed E-state index contributed by atoms with van der Waals surface area (Å²) < 4.78 is 5.78. The standard InChI is InChI=1S/C17H28N2O2/c1-15-5-2-7-17(13-15)21-12-4-9-19(10-11-20)14-16-6-3-8-18-16/h2,5,7,13,16,18,20H,3-4,6,8-12,14H2,1H3. The van der Waals surface area contributed by atoms with Crippen molar-refractivity contribution in [2.45, 2.75) is 32.2 Å². The highest BCUT2D eigenvalue weighted by molar-refractivity contribution is 5.27. The highest BCUT2D eigenvalue weighted by Crippen LogP contribution is 2.12. The molecule has 1 aromatic carbocycles. The summed E-state index contributed by atoms with van der Waals surface area (Å²) in [7, 11) is 0. The van der Waals surface area contributed by atoms with E-state index in [4.69, 9.17) is 4.74 Å². The van der Waals surface area contributed by atoms with Gasteiger partial charge >= 0.3 is 0 Å². The van der Waals surface area contributed by atoms with E-state index in [1.165, 1.54) is 18.4 Å². The predicted octanol–water partition coefficient (Wildman–Crippen LogP) is 1.81. The van der Waals surface area contributed by atoms with E-state index >= 15 is 0 Å². The Labute approximate surface area is 128 Å². The fourth-order valence-electron chi connectivity index (χ4n) is 2.84. The van der Waals surface area contributed by atoms with E-state index in [9.17, 15) is 5.11 Å². The summed E-state index contributed by atoms with van der Waals surface area (Å²) in [4.78, 5) is 2.34. The molecule has 1 heterocycles. The number of hydrogen-bond acceptors (Lipinski definition) is 4. The number of aliphatic hydroxyl groups excluding tert-OH is 1. The molecule has 1 aromatic rings. The first kappa shape index (κ1) is 16.3. The predicted molar refractivity (Wildman–Crippen MR) is 85.8 cm³/mol. The van der Waals surface area contributed by atoms with Gasteiger partial charge in [-0.05, 0) is 50.4 Å². The number of ether oxygens (including phenoxy) is 1. The molecule has 1 atom stereocenters. The van der Waals surface area contributed by atoms with Gasteiger partial charge in [0, 0.05) is 25.7 Å². The van der Waals surface area contributed by atoms with Crippen LogP contribution < -0.4 is 10.1 Å². The van der Waals surface area contributed by atoms with Gasteiger partial charge in [0.1, 0.15) is 5.75 Å². The third kappa shape index (κ3) is 6.04. The zero-order valence-corrected chi connectivity index (χ0v) is 13.1. The maximum absolute atomic E-state index is 9.18. The van der Waals surface area contributed by atoms with Gasteiger partial charge in [0.05, 0.1) is 13.2 Å². The molecular formula is C17H28N2O2. The molecule has 2 N–H and O–H groups in total. The van der Waals surface area contributed by atoms with E-state index in [0.717, 1.165) is 45.0 Å². The Morgan fingerprint density at radius 2 is 2.29 bits per heavy atom. The van der Waals surface area contributed by atoms with E-state index in [1.807, 2.05) is 12.1 Å². The molecule has 4 heteroatoms. The molecule has 0 saturated carbocycles. The molecule has 1 aliphatic heterocycles. The van der Waals surface area contributed by atoms with Crippen molar-refractivity contribution in [3.8, 4) is 5.75 Å². The van der Waals surface area contributed by atoms with Crippen LogP contribution in [0.25, 0.3) is 0 Å². The zero-order chi connectivity index (χ0) is 14.9. The molecule has 1 aliphatic rings. The molecule has 1 fully saturated rings. The molecular weight excluding hydrogens is 264 g/mol. The summed E-state index contributed by atoms with van der Waals surface area (Å²) >= 11 is 0. The van der Waals surface area contributed by atoms with Crippen LogP contribution in [-0.4, -0.2) is 55.4 Å². The molecule has 0 spiro atoms. The summed E-state index contributed by atoms with van der Waals surface area (Å²) in [5.74, 6) is 0.946. The molecule has 21 heavy (non-hydrogen) atoms. The summed E-state index contributed by atoms with van der Waals surface area (Å²) in [5, 5.41) is 12.7. The number of aliphatic hydroxyl groups is 1. The summed E-state index contributed by atoms with van der Waals surface area (Å²) in [6.45, 7) is 6.92. The van der Waals surface area contributed by atoms with Gasteiger partial charge in [-0.25, -0.2) is 0 Å². The average Bonchev–Trinajstić information content (AvgIpc) is 2.97. The minimum absolute atomic E-state index is 0.228. The van der Waals surface area contributed by atoms with Crippen LogP contribution in [0.2, 0.25) is 0 Å². The lowest BCUT2D eigenvalue weighted by molar-refractivity contribution is 0.173. The number of benzene rings is 1. The van der Waals surface area contributed by atoms with E-state index < -0.39 is 0 Å².